The van der Waals surface area contributed by atoms with E-state index in [-0.39, 0.29) is 35.9 Å². The van der Waals surface area contributed by atoms with E-state index >= 15 is 0 Å². The van der Waals surface area contributed by atoms with E-state index in [0.717, 1.165) is 37.6 Å². The number of aryl methyl sites for hydroxylation is 1. The number of aromatic nitrogens is 2. The molecule has 2 aromatic heterocycles. The number of nitrogens with zero attached hydrogens (tertiary/aromatic N) is 2. The highest BCUT2D eigenvalue weighted by molar-refractivity contribution is 7.16. The predicted molar refractivity (Wildman–Crippen MR) is 113 cm³/mol. The number of halogens is 1. The SMILES string of the molecule is O=C(CCn1c(=O)sc2ccccc21)OCCn1c(=O)sc2cccc(Cl)c21. The van der Waals surface area contributed by atoms with Crippen molar-refractivity contribution in [2.45, 2.75) is 19.5 Å². The summed E-state index contributed by atoms with van der Waals surface area (Å²) in [4.78, 5) is 36.1. The van der Waals surface area contributed by atoms with Crippen LogP contribution in [0.5, 0.6) is 0 Å². The number of carbonyl (C=O) groups excluding carboxylic acids is 1. The molecule has 0 unspecified atom stereocenters. The topological polar surface area (TPSA) is 70.3 Å². The predicted octanol–water partition coefficient (Wildman–Crippen LogP) is 3.73. The minimum absolute atomic E-state index is 0.0646. The zero-order valence-corrected chi connectivity index (χ0v) is 17.0. The third-order valence-corrected chi connectivity index (χ3v) is 6.54. The van der Waals surface area contributed by atoms with Crippen molar-refractivity contribution in [1.29, 1.82) is 0 Å². The zero-order valence-electron chi connectivity index (χ0n) is 14.6. The average Bonchev–Trinajstić information content (AvgIpc) is 3.16. The van der Waals surface area contributed by atoms with Crippen LogP contribution in [0.4, 0.5) is 0 Å². The molecule has 0 fully saturated rings. The van der Waals surface area contributed by atoms with Crippen molar-refractivity contribution in [2.75, 3.05) is 6.61 Å². The molecule has 0 N–H and O–H groups in total. The third kappa shape index (κ3) is 3.63. The minimum atomic E-state index is -0.416. The molecule has 6 nitrogen and oxygen atoms in total. The Hall–Kier alpha value is -2.42. The first-order chi connectivity index (χ1) is 13.5. The van der Waals surface area contributed by atoms with E-state index in [4.69, 9.17) is 16.3 Å². The van der Waals surface area contributed by atoms with Gasteiger partial charge in [0.05, 0.1) is 38.4 Å². The summed E-state index contributed by atoms with van der Waals surface area (Å²) in [7, 11) is 0. The number of para-hydroxylation sites is 2. The van der Waals surface area contributed by atoms with Crippen molar-refractivity contribution in [3.05, 3.63) is 66.8 Å². The fraction of sp³-hybridized carbons (Fsp3) is 0.211. The number of rotatable bonds is 6. The largest absolute Gasteiger partial charge is 0.464 e. The molecule has 0 amide bonds. The van der Waals surface area contributed by atoms with Crippen molar-refractivity contribution >= 4 is 60.7 Å². The first kappa shape index (κ1) is 18.9. The summed E-state index contributed by atoms with van der Waals surface area (Å²) in [6, 6.07) is 12.8. The fourth-order valence-corrected chi connectivity index (χ4v) is 5.23. The van der Waals surface area contributed by atoms with Gasteiger partial charge in [0.1, 0.15) is 6.61 Å². The lowest BCUT2D eigenvalue weighted by atomic mass is 10.3. The monoisotopic (exact) mass is 434 g/mol. The van der Waals surface area contributed by atoms with Gasteiger partial charge in [-0.05, 0) is 24.3 Å². The van der Waals surface area contributed by atoms with Gasteiger partial charge in [-0.25, -0.2) is 0 Å². The van der Waals surface area contributed by atoms with Gasteiger partial charge in [0.2, 0.25) is 0 Å². The second-order valence-electron chi connectivity index (χ2n) is 6.06. The molecule has 0 aliphatic heterocycles. The molecule has 0 aliphatic rings. The molecule has 144 valence electrons. The number of hydrogen-bond donors (Lipinski definition) is 0. The number of esters is 1. The van der Waals surface area contributed by atoms with E-state index < -0.39 is 5.97 Å². The highest BCUT2D eigenvalue weighted by atomic mass is 35.5. The fourth-order valence-electron chi connectivity index (χ4n) is 3.04. The summed E-state index contributed by atoms with van der Waals surface area (Å²) in [6.07, 6.45) is 0.0840. The second kappa shape index (κ2) is 7.90. The van der Waals surface area contributed by atoms with Gasteiger partial charge < -0.3 is 4.74 Å². The van der Waals surface area contributed by atoms with Crippen molar-refractivity contribution < 1.29 is 9.53 Å². The number of ether oxygens (including phenoxy) is 1. The minimum Gasteiger partial charge on any atom is -0.464 e. The lowest BCUT2D eigenvalue weighted by molar-refractivity contribution is -0.144. The molecule has 0 saturated heterocycles. The molecule has 0 radical (unpaired) electrons. The summed E-state index contributed by atoms with van der Waals surface area (Å²) in [5, 5.41) is 0.492. The Balaban J connectivity index is 1.38. The molecule has 2 aromatic carbocycles. The van der Waals surface area contributed by atoms with E-state index in [1.807, 2.05) is 30.3 Å². The van der Waals surface area contributed by atoms with Gasteiger partial charge in [-0.3, -0.25) is 23.5 Å². The Bertz CT molecular complexity index is 1280. The van der Waals surface area contributed by atoms with E-state index in [0.29, 0.717) is 10.5 Å². The van der Waals surface area contributed by atoms with Crippen LogP contribution < -0.4 is 9.75 Å². The standard InChI is InChI=1S/C19H15ClN2O4S2/c20-12-4-3-7-15-17(12)22(19(25)28-15)10-11-26-16(23)8-9-21-13-5-1-2-6-14(13)27-18(21)24/h1-7H,8-11H2. The van der Waals surface area contributed by atoms with Crippen molar-refractivity contribution in [1.82, 2.24) is 9.13 Å². The molecule has 0 aliphatic carbocycles. The third-order valence-electron chi connectivity index (χ3n) is 4.33. The number of fused-ring (bicyclic) bond motifs is 2. The Morgan fingerprint density at radius 3 is 2.50 bits per heavy atom. The van der Waals surface area contributed by atoms with Crippen LogP contribution in [0.15, 0.2) is 52.1 Å². The van der Waals surface area contributed by atoms with Gasteiger partial charge in [-0.2, -0.15) is 0 Å². The normalized spacial score (nSPS) is 11.3. The van der Waals surface area contributed by atoms with Gasteiger partial charge in [0.25, 0.3) is 0 Å². The van der Waals surface area contributed by atoms with Gasteiger partial charge in [0.15, 0.2) is 0 Å². The van der Waals surface area contributed by atoms with Gasteiger partial charge in [-0.15, -0.1) is 0 Å². The Morgan fingerprint density at radius 2 is 1.64 bits per heavy atom. The molecule has 9 heteroatoms. The van der Waals surface area contributed by atoms with Crippen LogP contribution in [-0.2, 0) is 22.6 Å². The number of thiazole rings is 2. The molecule has 28 heavy (non-hydrogen) atoms. The molecule has 0 spiro atoms. The van der Waals surface area contributed by atoms with Crippen LogP contribution in [0, 0.1) is 0 Å². The highest BCUT2D eigenvalue weighted by Gasteiger charge is 2.12. The maximum absolute atomic E-state index is 12.2. The van der Waals surface area contributed by atoms with Crippen LogP contribution in [0.3, 0.4) is 0 Å². The molecular formula is C19H15ClN2O4S2. The van der Waals surface area contributed by atoms with Crippen LogP contribution in [0.1, 0.15) is 6.42 Å². The summed E-state index contributed by atoms with van der Waals surface area (Å²) in [5.74, 6) is -0.416. The molecule has 0 bridgehead atoms. The first-order valence-corrected chi connectivity index (χ1v) is 10.6. The van der Waals surface area contributed by atoms with E-state index in [2.05, 4.69) is 0 Å². The molecule has 4 aromatic rings. The van der Waals surface area contributed by atoms with Crippen LogP contribution in [0.25, 0.3) is 20.4 Å². The Kier molecular flexibility index (Phi) is 5.34. The van der Waals surface area contributed by atoms with E-state index in [1.165, 1.54) is 4.57 Å². The van der Waals surface area contributed by atoms with Gasteiger partial charge >= 0.3 is 15.7 Å². The number of benzene rings is 2. The zero-order chi connectivity index (χ0) is 19.7. The van der Waals surface area contributed by atoms with Crippen molar-refractivity contribution in [3.63, 3.8) is 0 Å². The van der Waals surface area contributed by atoms with E-state index in [9.17, 15) is 14.4 Å². The summed E-state index contributed by atoms with van der Waals surface area (Å²) in [6.45, 7) is 0.555. The maximum atomic E-state index is 12.2. The lowest BCUT2D eigenvalue weighted by Gasteiger charge is -2.07. The lowest BCUT2D eigenvalue weighted by Crippen LogP contribution is -2.20. The van der Waals surface area contributed by atoms with Gasteiger partial charge in [0, 0.05) is 6.54 Å². The summed E-state index contributed by atoms with van der Waals surface area (Å²) in [5.41, 5.74) is 1.47. The van der Waals surface area contributed by atoms with Crippen LogP contribution in [0.2, 0.25) is 5.02 Å². The maximum Gasteiger partial charge on any atom is 0.308 e. The molecule has 0 saturated carbocycles. The first-order valence-electron chi connectivity index (χ1n) is 8.56. The smallest absolute Gasteiger partial charge is 0.308 e. The molecule has 2 heterocycles. The second-order valence-corrected chi connectivity index (χ2v) is 8.46. The highest BCUT2D eigenvalue weighted by Crippen LogP contribution is 2.25. The molecular weight excluding hydrogens is 420 g/mol. The number of hydrogen-bond acceptors (Lipinski definition) is 6. The van der Waals surface area contributed by atoms with E-state index in [1.54, 1.807) is 16.7 Å². The Morgan fingerprint density at radius 1 is 0.929 bits per heavy atom. The average molecular weight is 435 g/mol. The van der Waals surface area contributed by atoms with Crippen molar-refractivity contribution in [2.24, 2.45) is 0 Å². The van der Waals surface area contributed by atoms with Crippen LogP contribution in [-0.4, -0.2) is 21.7 Å². The molecule has 4 rings (SSSR count). The summed E-state index contributed by atoms with van der Waals surface area (Å²) < 4.78 is 10.1. The quantitative estimate of drug-likeness (QED) is 0.433. The van der Waals surface area contributed by atoms with Gasteiger partial charge in [-0.1, -0.05) is 52.5 Å². The Labute approximate surface area is 172 Å². The van der Waals surface area contributed by atoms with Crippen molar-refractivity contribution in [3.8, 4) is 0 Å². The number of carbonyl (C=O) groups is 1. The molecule has 0 atom stereocenters. The summed E-state index contributed by atoms with van der Waals surface area (Å²) >= 11 is 8.46. The van der Waals surface area contributed by atoms with Crippen LogP contribution >= 0.6 is 34.3 Å².